The van der Waals surface area contributed by atoms with Crippen LogP contribution < -0.4 is 11.1 Å². The first-order valence-electron chi connectivity index (χ1n) is 6.61. The third-order valence-corrected chi connectivity index (χ3v) is 3.27. The Morgan fingerprint density at radius 3 is 2.43 bits per heavy atom. The molecule has 1 heterocycles. The molecule has 3 aromatic rings. The number of hydrogen-bond donors (Lipinski definition) is 4. The fraction of sp³-hybridized carbons (Fsp3) is 0.0667. The van der Waals surface area contributed by atoms with E-state index < -0.39 is 11.7 Å². The van der Waals surface area contributed by atoms with Crippen molar-refractivity contribution in [3.63, 3.8) is 0 Å². The quantitative estimate of drug-likeness (QED) is 0.439. The molecule has 0 spiro atoms. The maximum absolute atomic E-state index is 12.7. The topological polar surface area (TPSA) is 90.6 Å². The van der Waals surface area contributed by atoms with Crippen molar-refractivity contribution in [2.24, 2.45) is 5.73 Å². The second-order valence-electron chi connectivity index (χ2n) is 4.93. The molecule has 5 N–H and O–H groups in total. The van der Waals surface area contributed by atoms with Gasteiger partial charge in [-0.3, -0.25) is 5.41 Å². The molecule has 5 nitrogen and oxygen atoms in total. The standard InChI is InChI=1S/C15H12F3N5/c16-15(17,18)9-3-6-11-12(7-9)23-14(22-11)21-10-4-1-8(2-5-10)13(19)20/h1-7H,(H3,19,20)(H2,21,22,23). The van der Waals surface area contributed by atoms with Crippen molar-refractivity contribution >= 4 is 28.5 Å². The number of amidine groups is 1. The Hall–Kier alpha value is -3.03. The molecule has 3 rings (SSSR count). The number of fused-ring (bicyclic) bond motifs is 1. The van der Waals surface area contributed by atoms with Gasteiger partial charge in [0.05, 0.1) is 16.6 Å². The van der Waals surface area contributed by atoms with Crippen LogP contribution in [0.2, 0.25) is 0 Å². The number of nitrogens with one attached hydrogen (secondary N) is 3. The Morgan fingerprint density at radius 2 is 1.83 bits per heavy atom. The highest BCUT2D eigenvalue weighted by atomic mass is 19.4. The minimum atomic E-state index is -4.39. The summed E-state index contributed by atoms with van der Waals surface area (Å²) >= 11 is 0. The predicted molar refractivity (Wildman–Crippen MR) is 81.8 cm³/mol. The van der Waals surface area contributed by atoms with Gasteiger partial charge in [0.25, 0.3) is 0 Å². The number of imidazole rings is 1. The number of alkyl halides is 3. The molecule has 23 heavy (non-hydrogen) atoms. The van der Waals surface area contributed by atoms with Crippen molar-refractivity contribution in [1.29, 1.82) is 5.41 Å². The Morgan fingerprint density at radius 1 is 1.13 bits per heavy atom. The first kappa shape index (κ1) is 14.9. The average molecular weight is 319 g/mol. The van der Waals surface area contributed by atoms with Gasteiger partial charge in [-0.2, -0.15) is 13.2 Å². The first-order chi connectivity index (χ1) is 10.8. The summed E-state index contributed by atoms with van der Waals surface area (Å²) in [5, 5.41) is 10.3. The van der Waals surface area contributed by atoms with Crippen LogP contribution in [0, 0.1) is 5.41 Å². The molecule has 0 aliphatic carbocycles. The number of aromatic amines is 1. The average Bonchev–Trinajstić information content (AvgIpc) is 2.88. The number of rotatable bonds is 3. The lowest BCUT2D eigenvalue weighted by Crippen LogP contribution is -2.10. The molecule has 0 radical (unpaired) electrons. The molecular formula is C15H12F3N5. The van der Waals surface area contributed by atoms with Gasteiger partial charge < -0.3 is 16.0 Å². The van der Waals surface area contributed by atoms with E-state index >= 15 is 0 Å². The molecule has 0 fully saturated rings. The number of aromatic nitrogens is 2. The second kappa shape index (κ2) is 5.31. The van der Waals surface area contributed by atoms with E-state index in [2.05, 4.69) is 15.3 Å². The smallest absolute Gasteiger partial charge is 0.384 e. The monoisotopic (exact) mass is 319 g/mol. The predicted octanol–water partition coefficient (Wildman–Crippen LogP) is 3.61. The highest BCUT2D eigenvalue weighted by Gasteiger charge is 2.30. The van der Waals surface area contributed by atoms with Gasteiger partial charge in [0.1, 0.15) is 5.84 Å². The lowest BCUT2D eigenvalue weighted by atomic mass is 10.2. The van der Waals surface area contributed by atoms with Crippen molar-refractivity contribution in [1.82, 2.24) is 9.97 Å². The zero-order valence-corrected chi connectivity index (χ0v) is 11.7. The number of nitrogen functional groups attached to an aromatic ring is 1. The molecule has 0 unspecified atom stereocenters. The minimum absolute atomic E-state index is 0.0417. The van der Waals surface area contributed by atoms with Crippen LogP contribution in [0.5, 0.6) is 0 Å². The van der Waals surface area contributed by atoms with Crippen molar-refractivity contribution < 1.29 is 13.2 Å². The molecule has 0 bridgehead atoms. The fourth-order valence-corrected chi connectivity index (χ4v) is 2.11. The Bertz CT molecular complexity index is 865. The highest BCUT2D eigenvalue weighted by Crippen LogP contribution is 2.31. The van der Waals surface area contributed by atoms with E-state index in [1.807, 2.05) is 0 Å². The number of nitrogens with zero attached hydrogens (tertiary/aromatic N) is 1. The summed E-state index contributed by atoms with van der Waals surface area (Å²) in [6.45, 7) is 0. The van der Waals surface area contributed by atoms with Crippen LogP contribution in [0.3, 0.4) is 0 Å². The second-order valence-corrected chi connectivity index (χ2v) is 4.93. The first-order valence-corrected chi connectivity index (χ1v) is 6.61. The fourth-order valence-electron chi connectivity index (χ4n) is 2.11. The summed E-state index contributed by atoms with van der Waals surface area (Å²) < 4.78 is 38.1. The van der Waals surface area contributed by atoms with Gasteiger partial charge in [0.15, 0.2) is 0 Å². The van der Waals surface area contributed by atoms with Crippen LogP contribution in [0.25, 0.3) is 11.0 Å². The highest BCUT2D eigenvalue weighted by molar-refractivity contribution is 5.95. The van der Waals surface area contributed by atoms with E-state index in [0.717, 1.165) is 12.1 Å². The lowest BCUT2D eigenvalue weighted by molar-refractivity contribution is -0.137. The third-order valence-electron chi connectivity index (χ3n) is 3.27. The van der Waals surface area contributed by atoms with Gasteiger partial charge in [-0.15, -0.1) is 0 Å². The summed E-state index contributed by atoms with van der Waals surface area (Å²) in [6.07, 6.45) is -4.39. The van der Waals surface area contributed by atoms with E-state index in [9.17, 15) is 13.2 Å². The number of anilines is 2. The molecule has 118 valence electrons. The summed E-state index contributed by atoms with van der Waals surface area (Å²) in [7, 11) is 0. The van der Waals surface area contributed by atoms with Crippen molar-refractivity contribution in [2.75, 3.05) is 5.32 Å². The SMILES string of the molecule is N=C(N)c1ccc(Nc2nc3ccc(C(F)(F)F)cc3[nH]2)cc1. The molecule has 0 aliphatic rings. The number of H-pyrrole nitrogens is 1. The molecular weight excluding hydrogens is 307 g/mol. The van der Waals surface area contributed by atoms with Crippen LogP contribution in [-0.2, 0) is 6.18 Å². The molecule has 8 heteroatoms. The van der Waals surface area contributed by atoms with Gasteiger partial charge in [-0.1, -0.05) is 0 Å². The minimum Gasteiger partial charge on any atom is -0.384 e. The molecule has 0 saturated carbocycles. The largest absolute Gasteiger partial charge is 0.416 e. The van der Waals surface area contributed by atoms with E-state index in [-0.39, 0.29) is 5.84 Å². The van der Waals surface area contributed by atoms with Crippen molar-refractivity contribution in [2.45, 2.75) is 6.18 Å². The van der Waals surface area contributed by atoms with Gasteiger partial charge >= 0.3 is 6.18 Å². The molecule has 0 saturated heterocycles. The molecule has 0 aliphatic heterocycles. The van der Waals surface area contributed by atoms with Crippen LogP contribution in [0.1, 0.15) is 11.1 Å². The number of nitrogens with two attached hydrogens (primary N) is 1. The molecule has 0 atom stereocenters. The Kier molecular flexibility index (Phi) is 3.44. The van der Waals surface area contributed by atoms with E-state index in [0.29, 0.717) is 28.2 Å². The Labute approximate surface area is 128 Å². The lowest BCUT2D eigenvalue weighted by Gasteiger charge is -2.05. The van der Waals surface area contributed by atoms with Crippen LogP contribution in [0.4, 0.5) is 24.8 Å². The van der Waals surface area contributed by atoms with Crippen LogP contribution in [-0.4, -0.2) is 15.8 Å². The van der Waals surface area contributed by atoms with E-state index in [1.54, 1.807) is 24.3 Å². The maximum atomic E-state index is 12.7. The molecule has 1 aromatic heterocycles. The molecule has 2 aromatic carbocycles. The summed E-state index contributed by atoms with van der Waals surface area (Å²) in [5.74, 6) is 0.287. The van der Waals surface area contributed by atoms with Gasteiger partial charge in [-0.05, 0) is 42.5 Å². The van der Waals surface area contributed by atoms with Gasteiger partial charge in [-0.25, -0.2) is 4.98 Å². The summed E-state index contributed by atoms with van der Waals surface area (Å²) in [6, 6.07) is 10.1. The number of benzene rings is 2. The van der Waals surface area contributed by atoms with Crippen LogP contribution >= 0.6 is 0 Å². The maximum Gasteiger partial charge on any atom is 0.416 e. The number of halogens is 3. The zero-order valence-electron chi connectivity index (χ0n) is 11.7. The van der Waals surface area contributed by atoms with E-state index in [1.165, 1.54) is 6.07 Å². The summed E-state index contributed by atoms with van der Waals surface area (Å²) in [4.78, 5) is 6.99. The van der Waals surface area contributed by atoms with Gasteiger partial charge in [0, 0.05) is 11.3 Å². The summed E-state index contributed by atoms with van der Waals surface area (Å²) in [5.41, 5.74) is 6.61. The third kappa shape index (κ3) is 3.10. The number of hydrogen-bond acceptors (Lipinski definition) is 3. The van der Waals surface area contributed by atoms with Crippen molar-refractivity contribution in [3.05, 3.63) is 53.6 Å². The van der Waals surface area contributed by atoms with E-state index in [4.69, 9.17) is 11.1 Å². The van der Waals surface area contributed by atoms with Crippen LogP contribution in [0.15, 0.2) is 42.5 Å². The van der Waals surface area contributed by atoms with Gasteiger partial charge in [0.2, 0.25) is 5.95 Å². The zero-order chi connectivity index (χ0) is 16.6. The Balaban J connectivity index is 1.87. The molecule has 0 amide bonds. The normalized spacial score (nSPS) is 11.6. The van der Waals surface area contributed by atoms with Crippen molar-refractivity contribution in [3.8, 4) is 0 Å².